The summed E-state index contributed by atoms with van der Waals surface area (Å²) in [5.74, 6) is 1.14. The summed E-state index contributed by atoms with van der Waals surface area (Å²) in [6, 6.07) is 9.65. The maximum atomic E-state index is 13.0. The van der Waals surface area contributed by atoms with Crippen LogP contribution in [0.15, 0.2) is 41.8 Å². The second-order valence-corrected chi connectivity index (χ2v) is 8.37. The highest BCUT2D eigenvalue weighted by Gasteiger charge is 2.21. The highest BCUT2D eigenvalue weighted by atomic mass is 32.2. The van der Waals surface area contributed by atoms with E-state index in [1.54, 1.807) is 13.4 Å². The highest BCUT2D eigenvalue weighted by molar-refractivity contribution is 7.99. The van der Waals surface area contributed by atoms with Gasteiger partial charge < -0.3 is 14.0 Å². The normalized spacial score (nSPS) is 16.2. The Labute approximate surface area is 180 Å². The first kappa shape index (κ1) is 20.7. The number of methoxy groups -OCH3 is 1. The predicted octanol–water partition coefficient (Wildman–Crippen LogP) is 3.85. The average molecular weight is 427 g/mol. The summed E-state index contributed by atoms with van der Waals surface area (Å²) in [6.45, 7) is 5.70. The molecule has 0 aliphatic carbocycles. The first-order chi connectivity index (χ1) is 14.6. The fraction of sp³-hybridized carbons (Fsp3) is 0.409. The molecule has 0 unspecified atom stereocenters. The molecule has 30 heavy (non-hydrogen) atoms. The summed E-state index contributed by atoms with van der Waals surface area (Å²) in [4.78, 5) is 13.0. The Morgan fingerprint density at radius 1 is 1.33 bits per heavy atom. The van der Waals surface area contributed by atoms with Crippen molar-refractivity contribution in [2.24, 2.45) is 0 Å². The van der Waals surface area contributed by atoms with Crippen molar-refractivity contribution in [2.45, 2.75) is 44.5 Å². The van der Waals surface area contributed by atoms with E-state index in [4.69, 9.17) is 9.47 Å². The molecule has 7 nitrogen and oxygen atoms in total. The van der Waals surface area contributed by atoms with Gasteiger partial charge in [0, 0.05) is 36.2 Å². The highest BCUT2D eigenvalue weighted by Crippen LogP contribution is 2.25. The van der Waals surface area contributed by atoms with Gasteiger partial charge in [0.1, 0.15) is 12.1 Å². The van der Waals surface area contributed by atoms with Gasteiger partial charge in [-0.3, -0.25) is 9.36 Å². The number of ketones is 1. The van der Waals surface area contributed by atoms with Crippen LogP contribution in [0.4, 0.5) is 0 Å². The van der Waals surface area contributed by atoms with Crippen LogP contribution in [0.5, 0.6) is 5.75 Å². The Hall–Kier alpha value is -2.58. The first-order valence-corrected chi connectivity index (χ1v) is 11.0. The molecule has 0 amide bonds. The second kappa shape index (κ2) is 9.06. The molecule has 158 valence electrons. The first-order valence-electron chi connectivity index (χ1n) is 10.1. The number of nitrogens with zero attached hydrogens (tertiary/aromatic N) is 4. The Balaban J connectivity index is 1.46. The fourth-order valence-corrected chi connectivity index (χ4v) is 4.64. The van der Waals surface area contributed by atoms with E-state index in [2.05, 4.69) is 14.8 Å². The number of benzene rings is 1. The van der Waals surface area contributed by atoms with Crippen LogP contribution < -0.4 is 4.74 Å². The van der Waals surface area contributed by atoms with Gasteiger partial charge in [0.25, 0.3) is 0 Å². The van der Waals surface area contributed by atoms with Crippen LogP contribution in [0, 0.1) is 13.8 Å². The third kappa shape index (κ3) is 4.29. The number of carbonyl (C=O) groups is 1. The lowest BCUT2D eigenvalue weighted by Crippen LogP contribution is -2.17. The van der Waals surface area contributed by atoms with E-state index in [-0.39, 0.29) is 11.9 Å². The van der Waals surface area contributed by atoms with Crippen molar-refractivity contribution in [1.82, 2.24) is 19.3 Å². The van der Waals surface area contributed by atoms with Gasteiger partial charge in [-0.25, -0.2) is 0 Å². The zero-order valence-electron chi connectivity index (χ0n) is 17.5. The maximum absolute atomic E-state index is 13.0. The summed E-state index contributed by atoms with van der Waals surface area (Å²) >= 11 is 1.39. The van der Waals surface area contributed by atoms with Gasteiger partial charge in [-0.1, -0.05) is 17.8 Å². The van der Waals surface area contributed by atoms with E-state index in [1.807, 2.05) is 48.7 Å². The lowest BCUT2D eigenvalue weighted by molar-refractivity contribution is 0.0957. The van der Waals surface area contributed by atoms with Crippen LogP contribution in [-0.4, -0.2) is 50.7 Å². The lowest BCUT2D eigenvalue weighted by atomic mass is 10.2. The van der Waals surface area contributed by atoms with E-state index in [1.165, 1.54) is 11.8 Å². The fourth-order valence-electron chi connectivity index (χ4n) is 3.82. The van der Waals surface area contributed by atoms with Crippen LogP contribution >= 0.6 is 11.8 Å². The molecule has 1 saturated heterocycles. The predicted molar refractivity (Wildman–Crippen MR) is 116 cm³/mol. The van der Waals surface area contributed by atoms with Crippen molar-refractivity contribution in [1.29, 1.82) is 0 Å². The molecule has 4 rings (SSSR count). The van der Waals surface area contributed by atoms with Crippen LogP contribution in [0.1, 0.15) is 34.6 Å². The number of carbonyl (C=O) groups excluding carboxylic acids is 1. The number of rotatable bonds is 8. The molecule has 1 aliphatic heterocycles. The molecule has 2 aromatic heterocycles. The number of hydrogen-bond donors (Lipinski definition) is 0. The lowest BCUT2D eigenvalue weighted by Gasteiger charge is -2.14. The van der Waals surface area contributed by atoms with Crippen molar-refractivity contribution < 1.29 is 14.3 Å². The zero-order chi connectivity index (χ0) is 21.1. The van der Waals surface area contributed by atoms with Crippen molar-refractivity contribution >= 4 is 17.5 Å². The Bertz CT molecular complexity index is 1040. The van der Waals surface area contributed by atoms with Crippen LogP contribution in [0.25, 0.3) is 5.69 Å². The molecule has 1 aromatic carbocycles. The molecule has 0 saturated carbocycles. The summed E-state index contributed by atoms with van der Waals surface area (Å²) in [5, 5.41) is 8.88. The second-order valence-electron chi connectivity index (χ2n) is 7.43. The van der Waals surface area contributed by atoms with Gasteiger partial charge in [0.05, 0.1) is 24.7 Å². The minimum Gasteiger partial charge on any atom is -0.497 e. The maximum Gasteiger partial charge on any atom is 0.196 e. The number of Topliss-reactive ketones (excluding diaryl/α,β-unsaturated/α-hetero) is 1. The largest absolute Gasteiger partial charge is 0.497 e. The smallest absolute Gasteiger partial charge is 0.196 e. The molecule has 1 aliphatic rings. The molecular formula is C22H26N4O3S. The van der Waals surface area contributed by atoms with E-state index in [0.29, 0.717) is 10.9 Å². The number of thioether (sulfide) groups is 1. The van der Waals surface area contributed by atoms with Gasteiger partial charge >= 0.3 is 0 Å². The summed E-state index contributed by atoms with van der Waals surface area (Å²) in [7, 11) is 1.63. The third-order valence-electron chi connectivity index (χ3n) is 5.46. The number of ether oxygens (including phenoxy) is 2. The number of hydrogen-bond acceptors (Lipinski definition) is 6. The summed E-state index contributed by atoms with van der Waals surface area (Å²) in [5.41, 5.74) is 3.76. The molecule has 8 heteroatoms. The van der Waals surface area contributed by atoms with Crippen molar-refractivity contribution in [3.8, 4) is 11.4 Å². The van der Waals surface area contributed by atoms with Gasteiger partial charge in [-0.05, 0) is 44.9 Å². The summed E-state index contributed by atoms with van der Waals surface area (Å²) < 4.78 is 15.1. The molecule has 1 fully saturated rings. The molecule has 0 spiro atoms. The zero-order valence-corrected chi connectivity index (χ0v) is 18.3. The van der Waals surface area contributed by atoms with Crippen molar-refractivity contribution in [3.05, 3.63) is 53.6 Å². The van der Waals surface area contributed by atoms with Crippen LogP contribution in [0.2, 0.25) is 0 Å². The van der Waals surface area contributed by atoms with Gasteiger partial charge in [-0.15, -0.1) is 10.2 Å². The van der Waals surface area contributed by atoms with Crippen LogP contribution in [0.3, 0.4) is 0 Å². The van der Waals surface area contributed by atoms with Gasteiger partial charge in [0.15, 0.2) is 10.9 Å². The minimum atomic E-state index is 0.0897. The third-order valence-corrected chi connectivity index (χ3v) is 6.41. The van der Waals surface area contributed by atoms with E-state index < -0.39 is 0 Å². The van der Waals surface area contributed by atoms with E-state index in [0.717, 1.165) is 54.4 Å². The topological polar surface area (TPSA) is 71.2 Å². The Kier molecular flexibility index (Phi) is 6.24. The molecule has 0 bridgehead atoms. The molecule has 3 aromatic rings. The van der Waals surface area contributed by atoms with E-state index >= 15 is 0 Å². The molecule has 0 radical (unpaired) electrons. The average Bonchev–Trinajstić information content (AvgIpc) is 3.50. The van der Waals surface area contributed by atoms with Crippen molar-refractivity contribution in [2.75, 3.05) is 19.5 Å². The quantitative estimate of drug-likeness (QED) is 0.403. The minimum absolute atomic E-state index is 0.0897. The standard InChI is InChI=1S/C22H26N4O3S/c1-15-10-20(16(2)25(15)12-19-8-5-9-29-19)21(27)13-30-22-24-23-14-26(22)17-6-4-7-18(11-17)28-3/h4,6-7,10-11,14,19H,5,8-9,12-13H2,1-3H3/t19-/m1/s1. The molecule has 3 heterocycles. The molecule has 0 N–H and O–H groups in total. The molecular weight excluding hydrogens is 400 g/mol. The monoisotopic (exact) mass is 426 g/mol. The van der Waals surface area contributed by atoms with Gasteiger partial charge in [0.2, 0.25) is 0 Å². The van der Waals surface area contributed by atoms with Crippen LogP contribution in [-0.2, 0) is 11.3 Å². The Morgan fingerprint density at radius 2 is 2.20 bits per heavy atom. The molecule has 1 atom stereocenters. The van der Waals surface area contributed by atoms with Gasteiger partial charge in [-0.2, -0.15) is 0 Å². The SMILES string of the molecule is COc1cccc(-n2cnnc2SCC(=O)c2cc(C)n(C[C@H]3CCCO3)c2C)c1. The number of aromatic nitrogens is 4. The number of aryl methyl sites for hydroxylation is 1. The van der Waals surface area contributed by atoms with E-state index in [9.17, 15) is 4.79 Å². The summed E-state index contributed by atoms with van der Waals surface area (Å²) in [6.07, 6.45) is 4.08. The Morgan fingerprint density at radius 3 is 2.97 bits per heavy atom. The van der Waals surface area contributed by atoms with Crippen molar-refractivity contribution in [3.63, 3.8) is 0 Å².